The van der Waals surface area contributed by atoms with Crippen molar-refractivity contribution in [3.63, 3.8) is 0 Å². The second-order valence-corrected chi connectivity index (χ2v) is 7.64. The summed E-state index contributed by atoms with van der Waals surface area (Å²) in [5.41, 5.74) is 3.29. The summed E-state index contributed by atoms with van der Waals surface area (Å²) in [7, 11) is 0. The minimum atomic E-state index is -0.251. The van der Waals surface area contributed by atoms with E-state index in [-0.39, 0.29) is 17.2 Å². The van der Waals surface area contributed by atoms with Crippen LogP contribution in [0.2, 0.25) is 0 Å². The van der Waals surface area contributed by atoms with Gasteiger partial charge in [0.05, 0.1) is 11.1 Å². The number of nitrogens with zero attached hydrogens (tertiary/aromatic N) is 2. The molecule has 1 saturated heterocycles. The highest BCUT2D eigenvalue weighted by Crippen LogP contribution is 2.28. The zero-order chi connectivity index (χ0) is 17.9. The van der Waals surface area contributed by atoms with E-state index in [4.69, 9.17) is 0 Å². The van der Waals surface area contributed by atoms with Crippen molar-refractivity contribution in [2.45, 2.75) is 70.1 Å². The Balaban J connectivity index is 1.69. The van der Waals surface area contributed by atoms with Gasteiger partial charge >= 0.3 is 0 Å². The van der Waals surface area contributed by atoms with E-state index in [0.717, 1.165) is 12.8 Å². The van der Waals surface area contributed by atoms with Crippen LogP contribution in [0, 0.1) is 0 Å². The standard InChI is InChI=1S/C19H29N3O2S/c1-2-3-4-5-6-7-8-9-10-18-22(17(23)15-25-18)21-19(24)16-11-13-20-14-12-16/h11-14,18H,2-10,15H2,1H3,(H,21,24). The van der Waals surface area contributed by atoms with Crippen molar-refractivity contribution in [2.75, 3.05) is 5.75 Å². The number of hydrazine groups is 1. The number of pyridine rings is 1. The van der Waals surface area contributed by atoms with Gasteiger partial charge in [-0.05, 0) is 18.6 Å². The van der Waals surface area contributed by atoms with Gasteiger partial charge in [0.25, 0.3) is 11.8 Å². The van der Waals surface area contributed by atoms with Crippen LogP contribution in [0.5, 0.6) is 0 Å². The van der Waals surface area contributed by atoms with Gasteiger partial charge in [-0.3, -0.25) is 20.0 Å². The number of rotatable bonds is 11. The van der Waals surface area contributed by atoms with E-state index in [1.165, 1.54) is 50.0 Å². The van der Waals surface area contributed by atoms with Crippen LogP contribution in [0.1, 0.15) is 75.1 Å². The number of aromatic nitrogens is 1. The van der Waals surface area contributed by atoms with Gasteiger partial charge in [0.1, 0.15) is 0 Å². The molecular weight excluding hydrogens is 334 g/mol. The van der Waals surface area contributed by atoms with Crippen molar-refractivity contribution < 1.29 is 9.59 Å². The van der Waals surface area contributed by atoms with E-state index in [2.05, 4.69) is 17.3 Å². The molecule has 1 aliphatic rings. The van der Waals surface area contributed by atoms with Crippen molar-refractivity contribution in [3.8, 4) is 0 Å². The van der Waals surface area contributed by atoms with E-state index in [9.17, 15) is 9.59 Å². The summed E-state index contributed by atoms with van der Waals surface area (Å²) >= 11 is 1.62. The van der Waals surface area contributed by atoms with Crippen LogP contribution in [-0.4, -0.2) is 32.9 Å². The number of unbranched alkanes of at least 4 members (excludes halogenated alkanes) is 7. The van der Waals surface area contributed by atoms with E-state index in [1.54, 1.807) is 36.3 Å². The number of carbonyl (C=O) groups excluding carboxylic acids is 2. The zero-order valence-corrected chi connectivity index (χ0v) is 15.9. The molecule has 0 spiro atoms. The fourth-order valence-corrected chi connectivity index (χ4v) is 4.08. The number of nitrogens with one attached hydrogen (secondary N) is 1. The summed E-state index contributed by atoms with van der Waals surface area (Å²) in [6, 6.07) is 3.30. The summed E-state index contributed by atoms with van der Waals surface area (Å²) in [4.78, 5) is 28.2. The lowest BCUT2D eigenvalue weighted by Gasteiger charge is -2.24. The second kappa shape index (κ2) is 11.1. The molecule has 1 unspecified atom stereocenters. The fraction of sp³-hybridized carbons (Fsp3) is 0.632. The smallest absolute Gasteiger partial charge is 0.270 e. The van der Waals surface area contributed by atoms with Gasteiger partial charge in [-0.2, -0.15) is 0 Å². The number of hydrogen-bond donors (Lipinski definition) is 1. The molecule has 1 atom stereocenters. The Labute approximate surface area is 154 Å². The van der Waals surface area contributed by atoms with Crippen molar-refractivity contribution in [1.29, 1.82) is 0 Å². The largest absolute Gasteiger partial charge is 0.272 e. The quantitative estimate of drug-likeness (QED) is 0.600. The van der Waals surface area contributed by atoms with Gasteiger partial charge in [0.15, 0.2) is 0 Å². The number of carbonyl (C=O) groups is 2. The van der Waals surface area contributed by atoms with Crippen LogP contribution in [0.25, 0.3) is 0 Å². The molecule has 1 aliphatic heterocycles. The number of amides is 2. The number of hydrogen-bond acceptors (Lipinski definition) is 4. The molecular formula is C19H29N3O2S. The van der Waals surface area contributed by atoms with E-state index < -0.39 is 0 Å². The summed E-state index contributed by atoms with van der Waals surface area (Å²) in [5.74, 6) is 0.175. The highest BCUT2D eigenvalue weighted by molar-refractivity contribution is 8.00. The van der Waals surface area contributed by atoms with Gasteiger partial charge in [0, 0.05) is 18.0 Å². The van der Waals surface area contributed by atoms with Gasteiger partial charge in [-0.1, -0.05) is 58.3 Å². The Morgan fingerprint density at radius 3 is 2.48 bits per heavy atom. The third-order valence-corrected chi connectivity index (χ3v) is 5.67. The summed E-state index contributed by atoms with van der Waals surface area (Å²) < 4.78 is 0. The monoisotopic (exact) mass is 363 g/mol. The van der Waals surface area contributed by atoms with Crippen molar-refractivity contribution in [2.24, 2.45) is 0 Å². The molecule has 1 aromatic rings. The normalized spacial score (nSPS) is 17.1. The molecule has 2 heterocycles. The maximum atomic E-state index is 12.3. The zero-order valence-electron chi connectivity index (χ0n) is 15.1. The average Bonchev–Trinajstić information content (AvgIpc) is 2.98. The van der Waals surface area contributed by atoms with Crippen LogP contribution < -0.4 is 5.43 Å². The lowest BCUT2D eigenvalue weighted by atomic mass is 10.1. The molecule has 1 fully saturated rings. The predicted octanol–water partition coefficient (Wildman–Crippen LogP) is 4.16. The lowest BCUT2D eigenvalue weighted by Crippen LogP contribution is -2.47. The Bertz CT molecular complexity index is 539. The lowest BCUT2D eigenvalue weighted by molar-refractivity contribution is -0.130. The molecule has 6 heteroatoms. The van der Waals surface area contributed by atoms with E-state index >= 15 is 0 Å². The molecule has 0 aliphatic carbocycles. The van der Waals surface area contributed by atoms with Gasteiger partial charge in [-0.25, -0.2) is 5.01 Å². The van der Waals surface area contributed by atoms with Crippen LogP contribution in [0.4, 0.5) is 0 Å². The summed E-state index contributed by atoms with van der Waals surface area (Å²) in [6.45, 7) is 2.24. The maximum Gasteiger partial charge on any atom is 0.270 e. The third-order valence-electron chi connectivity index (χ3n) is 4.43. The van der Waals surface area contributed by atoms with Crippen LogP contribution in [0.3, 0.4) is 0 Å². The van der Waals surface area contributed by atoms with E-state index in [0.29, 0.717) is 11.3 Å². The molecule has 0 saturated carbocycles. The molecule has 138 valence electrons. The van der Waals surface area contributed by atoms with Gasteiger partial charge in [-0.15, -0.1) is 11.8 Å². The SMILES string of the molecule is CCCCCCCCCCC1SCC(=O)N1NC(=O)c1ccncc1. The second-order valence-electron chi connectivity index (χ2n) is 6.47. The first-order chi connectivity index (χ1) is 12.2. The first-order valence-corrected chi connectivity index (χ1v) is 10.4. The van der Waals surface area contributed by atoms with Crippen molar-refractivity contribution in [3.05, 3.63) is 30.1 Å². The van der Waals surface area contributed by atoms with E-state index in [1.807, 2.05) is 0 Å². The molecule has 0 aromatic carbocycles. The first-order valence-electron chi connectivity index (χ1n) is 9.37. The minimum absolute atomic E-state index is 0.0167. The topological polar surface area (TPSA) is 62.3 Å². The molecule has 25 heavy (non-hydrogen) atoms. The minimum Gasteiger partial charge on any atom is -0.272 e. The highest BCUT2D eigenvalue weighted by atomic mass is 32.2. The Morgan fingerprint density at radius 1 is 1.16 bits per heavy atom. The molecule has 2 amide bonds. The molecule has 1 N–H and O–H groups in total. The summed E-state index contributed by atoms with van der Waals surface area (Å²) in [5, 5.41) is 1.58. The summed E-state index contributed by atoms with van der Waals surface area (Å²) in [6.07, 6.45) is 14.3. The maximum absolute atomic E-state index is 12.3. The highest BCUT2D eigenvalue weighted by Gasteiger charge is 2.32. The van der Waals surface area contributed by atoms with Gasteiger partial charge in [0.2, 0.25) is 0 Å². The van der Waals surface area contributed by atoms with Crippen LogP contribution in [0.15, 0.2) is 24.5 Å². The fourth-order valence-electron chi connectivity index (χ4n) is 2.95. The van der Waals surface area contributed by atoms with Crippen LogP contribution in [-0.2, 0) is 4.79 Å². The third kappa shape index (κ3) is 6.69. The molecule has 2 rings (SSSR count). The Hall–Kier alpha value is -1.56. The van der Waals surface area contributed by atoms with Crippen molar-refractivity contribution >= 4 is 23.6 Å². The molecule has 0 bridgehead atoms. The molecule has 5 nitrogen and oxygen atoms in total. The Morgan fingerprint density at radius 2 is 1.80 bits per heavy atom. The molecule has 1 aromatic heterocycles. The number of thioether (sulfide) groups is 1. The van der Waals surface area contributed by atoms with Gasteiger partial charge < -0.3 is 0 Å². The first kappa shape index (κ1) is 19.8. The molecule has 0 radical (unpaired) electrons. The van der Waals surface area contributed by atoms with Crippen molar-refractivity contribution in [1.82, 2.24) is 15.4 Å². The van der Waals surface area contributed by atoms with Crippen LogP contribution >= 0.6 is 11.8 Å². The Kier molecular flexibility index (Phi) is 8.80. The average molecular weight is 364 g/mol. The predicted molar refractivity (Wildman–Crippen MR) is 102 cm³/mol.